The van der Waals surface area contributed by atoms with Gasteiger partial charge in [-0.25, -0.2) is 9.97 Å². The Morgan fingerprint density at radius 3 is 2.74 bits per heavy atom. The summed E-state index contributed by atoms with van der Waals surface area (Å²) in [5, 5.41) is 1.08. The number of likely N-dealkylation sites (tertiary alicyclic amines) is 1. The first-order chi connectivity index (χ1) is 17.1. The van der Waals surface area contributed by atoms with E-state index in [1.54, 1.807) is 12.4 Å². The van der Waals surface area contributed by atoms with Crippen LogP contribution in [0.25, 0.3) is 39.1 Å². The molecule has 35 heavy (non-hydrogen) atoms. The third-order valence-electron chi connectivity index (χ3n) is 6.98. The lowest BCUT2D eigenvalue weighted by Gasteiger charge is -2.31. The highest BCUT2D eigenvalue weighted by Gasteiger charge is 2.28. The van der Waals surface area contributed by atoms with Gasteiger partial charge in [0, 0.05) is 55.0 Å². The third-order valence-corrected chi connectivity index (χ3v) is 6.98. The summed E-state index contributed by atoms with van der Waals surface area (Å²) in [6, 6.07) is 14.2. The van der Waals surface area contributed by atoms with Crippen molar-refractivity contribution in [3.63, 3.8) is 0 Å². The van der Waals surface area contributed by atoms with E-state index in [9.17, 15) is 4.79 Å². The number of hydrogen-bond donors (Lipinski definition) is 2. The number of nitrogen functional groups attached to an aromatic ring is 1. The Hall–Kier alpha value is -4.20. The number of para-hydroxylation sites is 1. The smallest absolute Gasteiger partial charge is 0.222 e. The molecule has 5 heterocycles. The second kappa shape index (κ2) is 8.54. The number of nitrogens with zero attached hydrogens (tertiary/aromatic N) is 5. The first-order valence-electron chi connectivity index (χ1n) is 12.1. The van der Waals surface area contributed by atoms with Gasteiger partial charge < -0.3 is 15.6 Å². The van der Waals surface area contributed by atoms with Crippen LogP contribution in [-0.4, -0.2) is 48.2 Å². The zero-order valence-corrected chi connectivity index (χ0v) is 19.6. The van der Waals surface area contributed by atoms with Crippen molar-refractivity contribution in [3.05, 3.63) is 66.9 Å². The fraction of sp³-hybridized carbons (Fsp3) is 0.259. The number of H-pyrrole nitrogens is 1. The predicted octanol–water partition coefficient (Wildman–Crippen LogP) is 4.64. The highest BCUT2D eigenvalue weighted by molar-refractivity contribution is 5.98. The minimum absolute atomic E-state index is 0.215. The normalized spacial score (nSPS) is 14.7. The van der Waals surface area contributed by atoms with E-state index in [4.69, 9.17) is 10.7 Å². The van der Waals surface area contributed by atoms with Crippen molar-refractivity contribution < 1.29 is 4.79 Å². The molecule has 0 bridgehead atoms. The zero-order chi connectivity index (χ0) is 23.9. The molecule has 1 amide bonds. The highest BCUT2D eigenvalue weighted by atomic mass is 16.2. The molecule has 0 spiro atoms. The molecule has 1 aliphatic rings. The van der Waals surface area contributed by atoms with Gasteiger partial charge in [0.1, 0.15) is 22.9 Å². The summed E-state index contributed by atoms with van der Waals surface area (Å²) in [6.07, 6.45) is 7.76. The summed E-state index contributed by atoms with van der Waals surface area (Å²) >= 11 is 0. The number of carbonyl (C=O) groups is 1. The molecule has 6 rings (SSSR count). The van der Waals surface area contributed by atoms with Crippen LogP contribution in [0.5, 0.6) is 0 Å². The molecule has 0 atom stereocenters. The van der Waals surface area contributed by atoms with Crippen LogP contribution in [0, 0.1) is 0 Å². The standard InChI is InChI=1S/C27H27N7O/c1-2-22(35)33-13-9-17(10-14-33)27-32-24(25-26(28)30-12-15-34(25)27)21-16-18-6-5-7-19(23(18)31-21)20-8-3-4-11-29-20/h3-8,11-12,15-17,31H,2,9-10,13-14H2,1H3,(H2,28,30). The average Bonchev–Trinajstić information content (AvgIpc) is 3.51. The SMILES string of the molecule is CCC(=O)N1CCC(c2nc(-c3cc4cccc(-c5ccccn5)c4[nH]3)c3c(N)nccn23)CC1. The molecule has 0 aliphatic carbocycles. The van der Waals surface area contributed by atoms with Crippen molar-refractivity contribution in [2.24, 2.45) is 0 Å². The van der Waals surface area contributed by atoms with Gasteiger partial charge in [0.15, 0.2) is 0 Å². The Labute approximate surface area is 202 Å². The first kappa shape index (κ1) is 21.3. The van der Waals surface area contributed by atoms with Gasteiger partial charge in [0.05, 0.1) is 16.9 Å². The molecular weight excluding hydrogens is 438 g/mol. The summed E-state index contributed by atoms with van der Waals surface area (Å²) < 4.78 is 2.07. The molecule has 8 nitrogen and oxygen atoms in total. The Morgan fingerprint density at radius 1 is 1.11 bits per heavy atom. The highest BCUT2D eigenvalue weighted by Crippen LogP contribution is 2.36. The Kier molecular flexibility index (Phi) is 5.21. The topological polar surface area (TPSA) is 105 Å². The molecule has 5 aromatic rings. The van der Waals surface area contributed by atoms with Gasteiger partial charge in [-0.2, -0.15) is 0 Å². The van der Waals surface area contributed by atoms with E-state index < -0.39 is 0 Å². The number of anilines is 1. The van der Waals surface area contributed by atoms with Crippen LogP contribution < -0.4 is 5.73 Å². The van der Waals surface area contributed by atoms with Gasteiger partial charge in [-0.15, -0.1) is 0 Å². The molecule has 1 aromatic carbocycles. The maximum Gasteiger partial charge on any atom is 0.222 e. The lowest BCUT2D eigenvalue weighted by Crippen LogP contribution is -2.37. The molecule has 1 aliphatic heterocycles. The molecule has 1 fully saturated rings. The van der Waals surface area contributed by atoms with Crippen molar-refractivity contribution in [2.75, 3.05) is 18.8 Å². The number of aromatic nitrogens is 5. The van der Waals surface area contributed by atoms with E-state index in [0.29, 0.717) is 12.2 Å². The fourth-order valence-electron chi connectivity index (χ4n) is 5.19. The lowest BCUT2D eigenvalue weighted by molar-refractivity contribution is -0.131. The van der Waals surface area contributed by atoms with Crippen molar-refractivity contribution in [1.29, 1.82) is 0 Å². The summed E-state index contributed by atoms with van der Waals surface area (Å²) in [7, 11) is 0. The molecule has 1 saturated heterocycles. The molecule has 4 aromatic heterocycles. The summed E-state index contributed by atoms with van der Waals surface area (Å²) in [5.41, 5.74) is 11.8. The number of piperidine rings is 1. The number of nitrogens with one attached hydrogen (secondary N) is 1. The summed E-state index contributed by atoms with van der Waals surface area (Å²) in [5.74, 6) is 1.87. The predicted molar refractivity (Wildman–Crippen MR) is 137 cm³/mol. The monoisotopic (exact) mass is 465 g/mol. The number of nitrogens with two attached hydrogens (primary N) is 1. The number of hydrogen-bond acceptors (Lipinski definition) is 5. The van der Waals surface area contributed by atoms with E-state index in [-0.39, 0.29) is 11.8 Å². The van der Waals surface area contributed by atoms with E-state index in [2.05, 4.69) is 37.6 Å². The lowest BCUT2D eigenvalue weighted by atomic mass is 9.96. The van der Waals surface area contributed by atoms with Crippen LogP contribution in [0.1, 0.15) is 37.9 Å². The first-order valence-corrected chi connectivity index (χ1v) is 12.1. The van der Waals surface area contributed by atoms with E-state index in [1.165, 1.54) is 0 Å². The summed E-state index contributed by atoms with van der Waals surface area (Å²) in [4.78, 5) is 31.7. The number of amides is 1. The molecule has 0 unspecified atom stereocenters. The van der Waals surface area contributed by atoms with E-state index >= 15 is 0 Å². The molecular formula is C27H27N7O. The number of imidazole rings is 1. The molecule has 0 radical (unpaired) electrons. The number of rotatable bonds is 4. The van der Waals surface area contributed by atoms with Crippen LogP contribution in [0.3, 0.4) is 0 Å². The number of carbonyl (C=O) groups excluding carboxylic acids is 1. The van der Waals surface area contributed by atoms with Crippen molar-refractivity contribution in [1.82, 2.24) is 29.2 Å². The summed E-state index contributed by atoms with van der Waals surface area (Å²) in [6.45, 7) is 3.42. The van der Waals surface area contributed by atoms with Crippen molar-refractivity contribution >= 4 is 28.1 Å². The molecule has 176 valence electrons. The van der Waals surface area contributed by atoms with Gasteiger partial charge in [0.2, 0.25) is 5.91 Å². The van der Waals surface area contributed by atoms with Gasteiger partial charge in [-0.05, 0) is 31.0 Å². The van der Waals surface area contributed by atoms with Crippen LogP contribution in [0.4, 0.5) is 5.82 Å². The minimum Gasteiger partial charge on any atom is -0.382 e. The Bertz CT molecular complexity index is 1530. The second-order valence-corrected chi connectivity index (χ2v) is 9.03. The number of pyridine rings is 1. The minimum atomic E-state index is 0.215. The second-order valence-electron chi connectivity index (χ2n) is 9.03. The molecule has 3 N–H and O–H groups in total. The average molecular weight is 466 g/mol. The van der Waals surface area contributed by atoms with Gasteiger partial charge in [0.25, 0.3) is 0 Å². The van der Waals surface area contributed by atoms with Gasteiger partial charge in [-0.3, -0.25) is 14.2 Å². The van der Waals surface area contributed by atoms with Crippen LogP contribution in [-0.2, 0) is 4.79 Å². The van der Waals surface area contributed by atoms with Crippen molar-refractivity contribution in [2.45, 2.75) is 32.1 Å². The molecule has 0 saturated carbocycles. The van der Waals surface area contributed by atoms with E-state index in [1.807, 2.05) is 42.3 Å². The van der Waals surface area contributed by atoms with Gasteiger partial charge in [-0.1, -0.05) is 31.2 Å². The van der Waals surface area contributed by atoms with Crippen molar-refractivity contribution in [3.8, 4) is 22.6 Å². The maximum atomic E-state index is 12.1. The van der Waals surface area contributed by atoms with Crippen LogP contribution in [0.15, 0.2) is 61.1 Å². The van der Waals surface area contributed by atoms with Crippen LogP contribution >= 0.6 is 0 Å². The Balaban J connectivity index is 1.45. The Morgan fingerprint density at radius 2 is 1.97 bits per heavy atom. The maximum absolute atomic E-state index is 12.1. The number of fused-ring (bicyclic) bond motifs is 2. The molecule has 8 heteroatoms. The van der Waals surface area contributed by atoms with E-state index in [0.717, 1.165) is 70.8 Å². The number of benzene rings is 1. The number of aromatic amines is 1. The van der Waals surface area contributed by atoms with Gasteiger partial charge >= 0.3 is 0 Å². The zero-order valence-electron chi connectivity index (χ0n) is 19.6. The quantitative estimate of drug-likeness (QED) is 0.402. The fourth-order valence-corrected chi connectivity index (χ4v) is 5.19. The van der Waals surface area contributed by atoms with Crippen LogP contribution in [0.2, 0.25) is 0 Å². The largest absolute Gasteiger partial charge is 0.382 e. The third kappa shape index (κ3) is 3.62.